The van der Waals surface area contributed by atoms with Crippen LogP contribution in [0.25, 0.3) is 0 Å². The van der Waals surface area contributed by atoms with Crippen LogP contribution in [0.15, 0.2) is 45.6 Å². The minimum Gasteiger partial charge on any atom is -0.293 e. The van der Waals surface area contributed by atoms with Crippen LogP contribution in [-0.2, 0) is 9.05 Å². The number of benzene rings is 1. The van der Waals surface area contributed by atoms with Crippen LogP contribution in [-0.4, -0.2) is 25.8 Å². The van der Waals surface area contributed by atoms with Gasteiger partial charge in [-0.25, -0.2) is 13.4 Å². The van der Waals surface area contributed by atoms with E-state index in [0.717, 1.165) is 6.34 Å². The van der Waals surface area contributed by atoms with Gasteiger partial charge in [0, 0.05) is 16.2 Å². The molecule has 0 aromatic heterocycles. The molecule has 0 radical (unpaired) electrons. The molecule has 1 N–H and O–H groups in total. The van der Waals surface area contributed by atoms with Crippen LogP contribution in [0.2, 0.25) is 0 Å². The summed E-state index contributed by atoms with van der Waals surface area (Å²) in [6, 6.07) is 8.02. The van der Waals surface area contributed by atoms with E-state index in [1.807, 2.05) is 0 Å². The molecule has 7 nitrogen and oxygen atoms in total. The van der Waals surface area contributed by atoms with E-state index in [1.54, 1.807) is 18.2 Å². The number of rotatable bonds is 3. The van der Waals surface area contributed by atoms with Crippen LogP contribution < -0.4 is 5.32 Å². The Morgan fingerprint density at radius 3 is 2.44 bits per heavy atom. The van der Waals surface area contributed by atoms with Crippen LogP contribution in [0.3, 0.4) is 0 Å². The Morgan fingerprint density at radius 2 is 1.94 bits per heavy atom. The number of nitrogens with zero attached hydrogens (tertiary/aromatic N) is 3. The fraction of sp³-hybridized carbons (Fsp3) is 0.111. The van der Waals surface area contributed by atoms with Gasteiger partial charge in [-0.2, -0.15) is 0 Å². The number of carbonyl (C=O) groups excluding carboxylic acids is 1. The molecule has 9 heteroatoms. The van der Waals surface area contributed by atoms with E-state index >= 15 is 0 Å². The standard InChI is InChI=1S/C9H7ClN4O3S/c10-18(16,17)9(11-6-12-14-9)13-8(15)7-4-2-1-3-5-7/h1-6H,(H,13,15). The third-order valence-electron chi connectivity index (χ3n) is 2.13. The smallest absolute Gasteiger partial charge is 0.293 e. The number of hydrogen-bond acceptors (Lipinski definition) is 6. The van der Waals surface area contributed by atoms with E-state index in [2.05, 4.69) is 20.5 Å². The second kappa shape index (κ2) is 4.46. The second-order valence-electron chi connectivity index (χ2n) is 3.33. The Bertz CT molecular complexity index is 614. The van der Waals surface area contributed by atoms with Crippen molar-refractivity contribution >= 4 is 32.0 Å². The number of aliphatic imine (C=N–C) groups is 1. The SMILES string of the molecule is O=C(NC1(S(=O)(=O)Cl)N=CN=N1)c1ccccc1. The Morgan fingerprint density at radius 1 is 1.28 bits per heavy atom. The number of hydrogen-bond donors (Lipinski definition) is 1. The van der Waals surface area contributed by atoms with Crippen molar-refractivity contribution in [3.63, 3.8) is 0 Å². The lowest BCUT2D eigenvalue weighted by Gasteiger charge is -2.18. The maximum atomic E-state index is 11.8. The second-order valence-corrected chi connectivity index (χ2v) is 5.99. The van der Waals surface area contributed by atoms with E-state index < -0.39 is 20.1 Å². The first-order valence-corrected chi connectivity index (χ1v) is 7.03. The molecule has 2 rings (SSSR count). The van der Waals surface area contributed by atoms with Crippen molar-refractivity contribution < 1.29 is 13.2 Å². The third kappa shape index (κ3) is 2.24. The summed E-state index contributed by atoms with van der Waals surface area (Å²) in [5.41, 5.74) is 0.259. The van der Waals surface area contributed by atoms with Crippen molar-refractivity contribution in [1.29, 1.82) is 0 Å². The normalized spacial score (nSPS) is 22.1. The molecule has 0 aliphatic carbocycles. The largest absolute Gasteiger partial charge is 0.367 e. The molecule has 94 valence electrons. The monoisotopic (exact) mass is 286 g/mol. The molecular formula is C9H7ClN4O3S. The van der Waals surface area contributed by atoms with Gasteiger partial charge < -0.3 is 0 Å². The Kier molecular flexibility index (Phi) is 3.14. The summed E-state index contributed by atoms with van der Waals surface area (Å²) in [7, 11) is 0.932. The maximum absolute atomic E-state index is 11.8. The van der Waals surface area contributed by atoms with Gasteiger partial charge in [-0.3, -0.25) is 10.1 Å². The highest BCUT2D eigenvalue weighted by Crippen LogP contribution is 2.25. The molecule has 1 aromatic carbocycles. The highest BCUT2D eigenvalue weighted by Gasteiger charge is 2.47. The zero-order chi connectivity index (χ0) is 13.2. The summed E-state index contributed by atoms with van der Waals surface area (Å²) in [6.07, 6.45) is 0.908. The Balaban J connectivity index is 2.31. The lowest BCUT2D eigenvalue weighted by atomic mass is 10.2. The van der Waals surface area contributed by atoms with Gasteiger partial charge >= 0.3 is 14.2 Å². The molecule has 1 unspecified atom stereocenters. The molecule has 1 amide bonds. The van der Waals surface area contributed by atoms with Gasteiger partial charge in [0.2, 0.25) is 0 Å². The van der Waals surface area contributed by atoms with Crippen LogP contribution in [0.1, 0.15) is 10.4 Å². The molecule has 18 heavy (non-hydrogen) atoms. The first-order chi connectivity index (χ1) is 8.45. The molecular weight excluding hydrogens is 280 g/mol. The quantitative estimate of drug-likeness (QED) is 0.842. The fourth-order valence-electron chi connectivity index (χ4n) is 1.27. The summed E-state index contributed by atoms with van der Waals surface area (Å²) in [5, 5.41) is 6.52. The van der Waals surface area contributed by atoms with Gasteiger partial charge in [-0.05, 0) is 12.1 Å². The topological polar surface area (TPSA) is 100 Å². The molecule has 1 aliphatic rings. The summed E-state index contributed by atoms with van der Waals surface area (Å²) < 4.78 is 22.8. The third-order valence-corrected chi connectivity index (χ3v) is 3.74. The first kappa shape index (κ1) is 12.7. The number of azo groups is 1. The van der Waals surface area contributed by atoms with E-state index in [4.69, 9.17) is 10.7 Å². The summed E-state index contributed by atoms with van der Waals surface area (Å²) >= 11 is 0. The minimum atomic E-state index is -4.29. The van der Waals surface area contributed by atoms with Gasteiger partial charge in [0.1, 0.15) is 6.34 Å². The molecule has 0 fully saturated rings. The van der Waals surface area contributed by atoms with Gasteiger partial charge in [0.15, 0.2) is 0 Å². The summed E-state index contributed by atoms with van der Waals surface area (Å²) in [6.45, 7) is 0. The zero-order valence-corrected chi connectivity index (χ0v) is 10.4. The predicted octanol–water partition coefficient (Wildman–Crippen LogP) is 1.09. The van der Waals surface area contributed by atoms with Gasteiger partial charge in [-0.15, -0.1) is 10.2 Å². The van der Waals surface area contributed by atoms with E-state index in [-0.39, 0.29) is 5.56 Å². The molecule has 0 spiro atoms. The van der Waals surface area contributed by atoms with Gasteiger partial charge in [0.25, 0.3) is 5.91 Å². The van der Waals surface area contributed by atoms with Crippen molar-refractivity contribution in [2.75, 3.05) is 0 Å². The molecule has 0 bridgehead atoms. The van der Waals surface area contributed by atoms with Gasteiger partial charge in [-0.1, -0.05) is 18.2 Å². The first-order valence-electron chi connectivity index (χ1n) is 4.72. The Labute approximate surface area is 107 Å². The van der Waals surface area contributed by atoms with Crippen molar-refractivity contribution in [1.82, 2.24) is 5.32 Å². The van der Waals surface area contributed by atoms with Crippen molar-refractivity contribution in [2.45, 2.75) is 5.12 Å². The van der Waals surface area contributed by atoms with Gasteiger partial charge in [0.05, 0.1) is 0 Å². The molecule has 1 aliphatic heterocycles. The molecule has 0 saturated carbocycles. The molecule has 1 aromatic rings. The van der Waals surface area contributed by atoms with E-state index in [1.165, 1.54) is 12.1 Å². The molecule has 1 atom stereocenters. The molecule has 1 heterocycles. The summed E-state index contributed by atoms with van der Waals surface area (Å²) in [5.74, 6) is -0.669. The average molecular weight is 287 g/mol. The lowest BCUT2D eigenvalue weighted by Crippen LogP contribution is -2.48. The van der Waals surface area contributed by atoms with E-state index in [9.17, 15) is 13.2 Å². The van der Waals surface area contributed by atoms with Crippen molar-refractivity contribution in [3.05, 3.63) is 35.9 Å². The fourth-order valence-corrected chi connectivity index (χ4v) is 2.13. The highest BCUT2D eigenvalue weighted by atomic mass is 35.7. The van der Waals surface area contributed by atoms with Crippen molar-refractivity contribution in [2.24, 2.45) is 15.2 Å². The number of carbonyl (C=O) groups is 1. The average Bonchev–Trinajstić information content (AvgIpc) is 2.79. The van der Waals surface area contributed by atoms with E-state index in [0.29, 0.717) is 0 Å². The number of amides is 1. The maximum Gasteiger partial charge on any atom is 0.367 e. The number of nitrogens with one attached hydrogen (secondary N) is 1. The highest BCUT2D eigenvalue weighted by molar-refractivity contribution is 8.14. The van der Waals surface area contributed by atoms with Crippen LogP contribution >= 0.6 is 10.7 Å². The molecule has 0 saturated heterocycles. The minimum absolute atomic E-state index is 0.259. The van der Waals surface area contributed by atoms with Crippen LogP contribution in [0.4, 0.5) is 0 Å². The predicted molar refractivity (Wildman–Crippen MR) is 64.8 cm³/mol. The summed E-state index contributed by atoms with van der Waals surface area (Å²) in [4.78, 5) is 15.3. The number of halogens is 1. The zero-order valence-electron chi connectivity index (χ0n) is 8.82. The van der Waals surface area contributed by atoms with Crippen molar-refractivity contribution in [3.8, 4) is 0 Å². The van der Waals surface area contributed by atoms with Crippen LogP contribution in [0.5, 0.6) is 0 Å². The lowest BCUT2D eigenvalue weighted by molar-refractivity contribution is 0.0930. The Hall–Kier alpha value is -1.80. The van der Waals surface area contributed by atoms with Crippen LogP contribution in [0, 0.1) is 0 Å².